The largest absolute Gasteiger partial charge is 0.368 e. The number of fused-ring (bicyclic) bond motifs is 1. The fourth-order valence-electron chi connectivity index (χ4n) is 4.06. The van der Waals surface area contributed by atoms with Crippen molar-refractivity contribution in [1.82, 2.24) is 20.3 Å². The lowest BCUT2D eigenvalue weighted by Crippen LogP contribution is -2.50. The van der Waals surface area contributed by atoms with Gasteiger partial charge in [-0.15, -0.1) is 11.3 Å². The van der Waals surface area contributed by atoms with Crippen LogP contribution in [0.1, 0.15) is 37.5 Å². The minimum Gasteiger partial charge on any atom is -0.368 e. The van der Waals surface area contributed by atoms with Gasteiger partial charge in [0.2, 0.25) is 5.95 Å². The molecule has 30 heavy (non-hydrogen) atoms. The van der Waals surface area contributed by atoms with Gasteiger partial charge in [-0.05, 0) is 46.2 Å². The first kappa shape index (κ1) is 21.1. The summed E-state index contributed by atoms with van der Waals surface area (Å²) in [6.07, 6.45) is 6.98. The van der Waals surface area contributed by atoms with Gasteiger partial charge in [-0.3, -0.25) is 5.43 Å². The number of aromatic nitrogens is 2. The van der Waals surface area contributed by atoms with Crippen molar-refractivity contribution < 1.29 is 0 Å². The summed E-state index contributed by atoms with van der Waals surface area (Å²) in [6, 6.07) is 2.67. The van der Waals surface area contributed by atoms with E-state index in [9.17, 15) is 0 Å². The molecule has 1 atom stereocenters. The van der Waals surface area contributed by atoms with E-state index in [-0.39, 0.29) is 0 Å². The van der Waals surface area contributed by atoms with Crippen LogP contribution in [0.4, 0.5) is 11.8 Å². The first-order valence-electron chi connectivity index (χ1n) is 10.9. The van der Waals surface area contributed by atoms with E-state index < -0.39 is 0 Å². The van der Waals surface area contributed by atoms with Crippen LogP contribution in [0.3, 0.4) is 0 Å². The van der Waals surface area contributed by atoms with Crippen molar-refractivity contribution in [2.24, 2.45) is 11.0 Å². The van der Waals surface area contributed by atoms with Gasteiger partial charge in [0.25, 0.3) is 0 Å². The summed E-state index contributed by atoms with van der Waals surface area (Å²) in [5, 5.41) is 7.45. The quantitative estimate of drug-likeness (QED) is 0.379. The first-order chi connectivity index (χ1) is 14.5. The average molecular weight is 428 g/mol. The van der Waals surface area contributed by atoms with Gasteiger partial charge in [0.05, 0.1) is 10.2 Å². The van der Waals surface area contributed by atoms with E-state index in [0.717, 1.165) is 54.6 Å². The van der Waals surface area contributed by atoms with Gasteiger partial charge in [-0.25, -0.2) is 4.98 Å². The third kappa shape index (κ3) is 4.59. The zero-order valence-corrected chi connectivity index (χ0v) is 19.1. The molecular formula is C22H33N7S. The number of piperazine rings is 1. The smallest absolute Gasteiger partial charge is 0.228 e. The lowest BCUT2D eigenvalue weighted by Gasteiger charge is -2.37. The lowest BCUT2D eigenvalue weighted by atomic mass is 9.82. The second-order valence-electron chi connectivity index (χ2n) is 8.49. The number of likely N-dealkylation sites (N-methyl/N-ethyl adjacent to an activating group) is 1. The van der Waals surface area contributed by atoms with Crippen molar-refractivity contribution in [3.8, 4) is 0 Å². The summed E-state index contributed by atoms with van der Waals surface area (Å²) in [4.78, 5) is 15.8. The average Bonchev–Trinajstić information content (AvgIpc) is 3.06. The minimum absolute atomic E-state index is 0.500. The molecule has 1 saturated carbocycles. The second kappa shape index (κ2) is 9.31. The molecular weight excluding hydrogens is 394 g/mol. The number of thiophene rings is 1. The maximum Gasteiger partial charge on any atom is 0.228 e. The van der Waals surface area contributed by atoms with Gasteiger partial charge in [0.15, 0.2) is 0 Å². The van der Waals surface area contributed by atoms with E-state index in [1.807, 2.05) is 0 Å². The summed E-state index contributed by atoms with van der Waals surface area (Å²) in [5.74, 6) is 2.41. The third-order valence-corrected chi connectivity index (χ3v) is 7.33. The molecule has 1 aliphatic carbocycles. The van der Waals surface area contributed by atoms with Crippen molar-refractivity contribution in [2.75, 3.05) is 43.4 Å². The molecule has 1 saturated heterocycles. The van der Waals surface area contributed by atoms with Crippen LogP contribution < -0.4 is 15.6 Å². The highest BCUT2D eigenvalue weighted by Crippen LogP contribution is 2.33. The number of hydrogen-bond acceptors (Lipinski definition) is 8. The van der Waals surface area contributed by atoms with E-state index >= 15 is 0 Å². The Bertz CT molecular complexity index is 918. The molecule has 8 heteroatoms. The number of anilines is 2. The maximum atomic E-state index is 4.94. The van der Waals surface area contributed by atoms with Gasteiger partial charge >= 0.3 is 0 Å². The van der Waals surface area contributed by atoms with Crippen LogP contribution >= 0.6 is 11.3 Å². The molecule has 2 fully saturated rings. The normalized spacial score (nSPS) is 21.0. The van der Waals surface area contributed by atoms with Crippen LogP contribution in [-0.4, -0.2) is 60.9 Å². The molecule has 7 nitrogen and oxygen atoms in total. The number of nitrogens with zero attached hydrogens (tertiary/aromatic N) is 5. The van der Waals surface area contributed by atoms with Crippen LogP contribution in [0.25, 0.3) is 10.2 Å². The fourth-order valence-corrected chi connectivity index (χ4v) is 4.98. The molecule has 2 N–H and O–H groups in total. The van der Waals surface area contributed by atoms with E-state index in [1.54, 1.807) is 11.3 Å². The highest BCUT2D eigenvalue weighted by atomic mass is 32.1. The Hall–Kier alpha value is -2.19. The summed E-state index contributed by atoms with van der Waals surface area (Å²) >= 11 is 1.76. The zero-order valence-electron chi connectivity index (χ0n) is 18.3. The van der Waals surface area contributed by atoms with E-state index in [0.29, 0.717) is 12.0 Å². The monoisotopic (exact) mass is 427 g/mol. The molecule has 162 valence electrons. The van der Waals surface area contributed by atoms with Gasteiger partial charge in [-0.1, -0.05) is 12.5 Å². The molecule has 0 bridgehead atoms. The molecule has 4 rings (SSSR count). The molecule has 2 aliphatic rings. The van der Waals surface area contributed by atoms with Crippen molar-refractivity contribution >= 4 is 40.0 Å². The van der Waals surface area contributed by atoms with E-state index in [2.05, 4.69) is 65.4 Å². The highest BCUT2D eigenvalue weighted by molar-refractivity contribution is 7.19. The van der Waals surface area contributed by atoms with Crippen LogP contribution in [0.5, 0.6) is 0 Å². The van der Waals surface area contributed by atoms with Gasteiger partial charge in [-0.2, -0.15) is 10.1 Å². The van der Waals surface area contributed by atoms with Crippen molar-refractivity contribution in [3.63, 3.8) is 0 Å². The van der Waals surface area contributed by atoms with Crippen molar-refractivity contribution in [2.45, 2.75) is 45.6 Å². The molecule has 2 aromatic rings. The lowest BCUT2D eigenvalue weighted by molar-refractivity contribution is 0.233. The number of aryl methyl sites for hydroxylation is 1. The molecule has 0 aromatic carbocycles. The Morgan fingerprint density at radius 1 is 1.37 bits per heavy atom. The Balaban J connectivity index is 1.49. The molecule has 2 aromatic heterocycles. The van der Waals surface area contributed by atoms with Crippen LogP contribution in [0.2, 0.25) is 0 Å². The van der Waals surface area contributed by atoms with Crippen LogP contribution in [0.15, 0.2) is 22.9 Å². The van der Waals surface area contributed by atoms with Gasteiger partial charge < -0.3 is 15.1 Å². The first-order valence-corrected chi connectivity index (χ1v) is 11.8. The number of hydrazone groups is 1. The summed E-state index contributed by atoms with van der Waals surface area (Å²) in [5.41, 5.74) is 5.34. The molecule has 3 heterocycles. The standard InChI is InChI=1S/C22H33N7S/c1-15-14-29(12-11-28(15)4)22-25-19-13-16(2)30-20(19)21(26-22)24-10-6-9-18(27-23-3)17-7-5-8-17/h9,13,15,17,27H,3,5-8,10-12,14H2,1-2,4H3,(H,24,25,26)/b18-9-. The Kier molecular flexibility index (Phi) is 6.53. The van der Waals surface area contributed by atoms with Gasteiger partial charge in [0, 0.05) is 55.4 Å². The van der Waals surface area contributed by atoms with E-state index in [4.69, 9.17) is 9.97 Å². The fraction of sp³-hybridized carbons (Fsp3) is 0.591. The Morgan fingerprint density at radius 2 is 2.20 bits per heavy atom. The predicted molar refractivity (Wildman–Crippen MR) is 128 cm³/mol. The predicted octanol–water partition coefficient (Wildman–Crippen LogP) is 3.83. The molecule has 0 amide bonds. The van der Waals surface area contributed by atoms with E-state index in [1.165, 1.54) is 29.8 Å². The van der Waals surface area contributed by atoms with Crippen LogP contribution in [-0.2, 0) is 0 Å². The number of hydrogen-bond donors (Lipinski definition) is 2. The van der Waals surface area contributed by atoms with Gasteiger partial charge in [0.1, 0.15) is 5.82 Å². The topological polar surface area (TPSA) is 68.7 Å². The van der Waals surface area contributed by atoms with Crippen LogP contribution in [0, 0.1) is 12.8 Å². The molecule has 0 spiro atoms. The molecule has 1 aliphatic heterocycles. The third-order valence-electron chi connectivity index (χ3n) is 6.28. The van der Waals surface area contributed by atoms with Crippen molar-refractivity contribution in [3.05, 3.63) is 22.7 Å². The Labute approximate surface area is 183 Å². The minimum atomic E-state index is 0.500. The maximum absolute atomic E-state index is 4.94. The highest BCUT2D eigenvalue weighted by Gasteiger charge is 2.24. The number of nitrogens with one attached hydrogen (secondary N) is 2. The molecule has 0 radical (unpaired) electrons. The molecule has 1 unspecified atom stereocenters. The zero-order chi connectivity index (χ0) is 21.1. The number of allylic oxidation sites excluding steroid dienone is 1. The summed E-state index contributed by atoms with van der Waals surface area (Å²) in [7, 11) is 2.18. The SMILES string of the molecule is C=NN/C(=C\CCNc1nc(N2CCN(C)C(C)C2)nc2cc(C)sc12)C1CCC1. The van der Waals surface area contributed by atoms with Crippen molar-refractivity contribution in [1.29, 1.82) is 0 Å². The Morgan fingerprint density at radius 3 is 2.90 bits per heavy atom. The summed E-state index contributed by atoms with van der Waals surface area (Å²) in [6.45, 7) is 11.8. The number of rotatable bonds is 8. The second-order valence-corrected chi connectivity index (χ2v) is 9.75. The summed E-state index contributed by atoms with van der Waals surface area (Å²) < 4.78 is 1.15.